The first-order valence-corrected chi connectivity index (χ1v) is 10.4. The number of hydrogen-bond donors (Lipinski definition) is 2. The first-order chi connectivity index (χ1) is 16.2. The second kappa shape index (κ2) is 9.72. The fraction of sp³-hybridized carbons (Fsp3) is 0.261. The van der Waals surface area contributed by atoms with E-state index in [9.17, 15) is 22.0 Å². The third-order valence-corrected chi connectivity index (χ3v) is 5.56. The van der Waals surface area contributed by atoms with Crippen LogP contribution in [0.25, 0.3) is 11.3 Å². The average Bonchev–Trinajstić information content (AvgIpc) is 3.48. The Morgan fingerprint density at radius 2 is 1.85 bits per heavy atom. The summed E-state index contributed by atoms with van der Waals surface area (Å²) >= 11 is 0. The monoisotopic (exact) mass is 476 g/mol. The van der Waals surface area contributed by atoms with Crippen molar-refractivity contribution < 1.29 is 22.0 Å². The first-order valence-electron chi connectivity index (χ1n) is 10.4. The van der Waals surface area contributed by atoms with E-state index in [1.54, 1.807) is 4.68 Å². The Balaban J connectivity index is 1.46. The van der Waals surface area contributed by atoms with E-state index in [1.165, 1.54) is 43.1 Å². The first kappa shape index (κ1) is 23.6. The highest BCUT2D eigenvalue weighted by molar-refractivity contribution is 5.59. The van der Waals surface area contributed by atoms with Gasteiger partial charge in [-0.15, -0.1) is 0 Å². The lowest BCUT2D eigenvalue weighted by Crippen LogP contribution is -2.35. The van der Waals surface area contributed by atoms with Gasteiger partial charge in [-0.2, -0.15) is 18.3 Å². The number of aromatic amines is 1. The van der Waals surface area contributed by atoms with Crippen LogP contribution in [0.1, 0.15) is 29.8 Å². The van der Waals surface area contributed by atoms with E-state index in [1.807, 2.05) is 6.92 Å². The molecule has 6 nitrogen and oxygen atoms in total. The van der Waals surface area contributed by atoms with Gasteiger partial charge in [0.25, 0.3) is 0 Å². The number of imidazole rings is 1. The van der Waals surface area contributed by atoms with E-state index in [2.05, 4.69) is 25.4 Å². The van der Waals surface area contributed by atoms with Crippen molar-refractivity contribution in [2.45, 2.75) is 38.1 Å². The zero-order valence-electron chi connectivity index (χ0n) is 18.0. The lowest BCUT2D eigenvalue weighted by Gasteiger charge is -2.25. The third kappa shape index (κ3) is 5.48. The van der Waals surface area contributed by atoms with Crippen molar-refractivity contribution in [1.29, 1.82) is 0 Å². The Kier molecular flexibility index (Phi) is 6.73. The smallest absolute Gasteiger partial charge is 0.341 e. The minimum absolute atomic E-state index is 0.274. The summed E-state index contributed by atoms with van der Waals surface area (Å²) in [6.07, 6.45) is 0.0348. The van der Waals surface area contributed by atoms with Gasteiger partial charge in [-0.05, 0) is 36.2 Å². The molecule has 0 bridgehead atoms. The maximum Gasteiger partial charge on any atom is 0.416 e. The molecule has 0 aliphatic carbocycles. The van der Waals surface area contributed by atoms with Gasteiger partial charge in [-0.1, -0.05) is 18.2 Å². The van der Waals surface area contributed by atoms with Gasteiger partial charge < -0.3 is 10.3 Å². The molecule has 2 N–H and O–H groups in total. The summed E-state index contributed by atoms with van der Waals surface area (Å²) < 4.78 is 67.9. The van der Waals surface area contributed by atoms with Crippen LogP contribution in [0.3, 0.4) is 0 Å². The summed E-state index contributed by atoms with van der Waals surface area (Å²) in [6.45, 7) is 2.47. The van der Waals surface area contributed by atoms with Crippen LogP contribution in [0.5, 0.6) is 0 Å². The largest absolute Gasteiger partial charge is 0.416 e. The van der Waals surface area contributed by atoms with Crippen molar-refractivity contribution in [3.8, 4) is 11.3 Å². The summed E-state index contributed by atoms with van der Waals surface area (Å²) in [5.41, 5.74) is 0.749. The molecule has 0 radical (unpaired) electrons. The topological polar surface area (TPSA) is 71.4 Å². The minimum Gasteiger partial charge on any atom is -0.341 e. The predicted octanol–water partition coefficient (Wildman–Crippen LogP) is 4.93. The molecule has 0 aliphatic heterocycles. The van der Waals surface area contributed by atoms with Crippen molar-refractivity contribution in [2.24, 2.45) is 0 Å². The zero-order valence-corrected chi connectivity index (χ0v) is 18.0. The average molecular weight is 476 g/mol. The number of halogens is 5. The Labute approximate surface area is 191 Å². The Morgan fingerprint density at radius 3 is 2.50 bits per heavy atom. The normalized spacial score (nSPS) is 13.7. The van der Waals surface area contributed by atoms with Crippen LogP contribution in [-0.2, 0) is 19.3 Å². The summed E-state index contributed by atoms with van der Waals surface area (Å²) in [5.74, 6) is -1.15. The van der Waals surface area contributed by atoms with Crippen LogP contribution >= 0.6 is 0 Å². The molecule has 4 aromatic rings. The lowest BCUT2D eigenvalue weighted by molar-refractivity contribution is -0.137. The maximum atomic E-state index is 14.5. The van der Waals surface area contributed by atoms with Gasteiger partial charge in [-0.25, -0.2) is 18.7 Å². The lowest BCUT2D eigenvalue weighted by atomic mass is 9.91. The van der Waals surface area contributed by atoms with Gasteiger partial charge in [-0.3, -0.25) is 4.68 Å². The van der Waals surface area contributed by atoms with Crippen LogP contribution in [0.15, 0.2) is 61.3 Å². The van der Waals surface area contributed by atoms with Gasteiger partial charge in [0.05, 0.1) is 30.5 Å². The van der Waals surface area contributed by atoms with Crippen molar-refractivity contribution >= 4 is 0 Å². The zero-order chi connectivity index (χ0) is 24.3. The summed E-state index contributed by atoms with van der Waals surface area (Å²) in [6, 6.07) is 7.98. The molecule has 0 amide bonds. The molecule has 0 saturated heterocycles. The van der Waals surface area contributed by atoms with E-state index < -0.39 is 29.3 Å². The van der Waals surface area contributed by atoms with Crippen molar-refractivity contribution in [2.75, 3.05) is 0 Å². The number of hydrogen-bond acceptors (Lipinski definition) is 4. The number of nitrogens with zero attached hydrogens (tertiary/aromatic N) is 4. The molecule has 178 valence electrons. The van der Waals surface area contributed by atoms with E-state index >= 15 is 0 Å². The van der Waals surface area contributed by atoms with Gasteiger partial charge in [0.1, 0.15) is 30.1 Å². The Hall–Kier alpha value is -3.60. The molecule has 2 unspecified atom stereocenters. The van der Waals surface area contributed by atoms with Crippen LogP contribution in [0.2, 0.25) is 0 Å². The molecule has 0 spiro atoms. The molecular formula is C23H21F5N6. The molecule has 4 rings (SSSR count). The van der Waals surface area contributed by atoms with Crippen LogP contribution in [0.4, 0.5) is 22.0 Å². The summed E-state index contributed by atoms with van der Waals surface area (Å²) in [7, 11) is 0. The van der Waals surface area contributed by atoms with E-state index in [4.69, 9.17) is 0 Å². The number of rotatable bonds is 8. The highest BCUT2D eigenvalue weighted by Gasteiger charge is 2.30. The van der Waals surface area contributed by atoms with E-state index in [-0.39, 0.29) is 6.04 Å². The SMILES string of the molecule is CC(NCc1ncc(-c2ccc(C(F)(F)F)cc2)[nH]1)C(Cn1cncn1)c1ccc(F)cc1F. The van der Waals surface area contributed by atoms with Gasteiger partial charge in [0, 0.05) is 18.0 Å². The fourth-order valence-corrected chi connectivity index (χ4v) is 3.69. The second-order valence-corrected chi connectivity index (χ2v) is 7.88. The summed E-state index contributed by atoms with van der Waals surface area (Å²) in [5, 5.41) is 7.36. The highest BCUT2D eigenvalue weighted by atomic mass is 19.4. The highest BCUT2D eigenvalue weighted by Crippen LogP contribution is 2.31. The molecule has 0 fully saturated rings. The summed E-state index contributed by atoms with van der Waals surface area (Å²) in [4.78, 5) is 11.3. The molecule has 34 heavy (non-hydrogen) atoms. The molecule has 2 heterocycles. The molecule has 11 heteroatoms. The van der Waals surface area contributed by atoms with Crippen molar-refractivity contribution in [3.05, 3.63) is 89.9 Å². The number of aromatic nitrogens is 5. The van der Waals surface area contributed by atoms with Crippen molar-refractivity contribution in [1.82, 2.24) is 30.0 Å². The molecule has 0 aliphatic rings. The van der Waals surface area contributed by atoms with Gasteiger partial charge in [0.2, 0.25) is 0 Å². The van der Waals surface area contributed by atoms with Crippen LogP contribution in [0, 0.1) is 11.6 Å². The molecular weight excluding hydrogens is 455 g/mol. The van der Waals surface area contributed by atoms with E-state index in [0.29, 0.717) is 35.7 Å². The van der Waals surface area contributed by atoms with Crippen LogP contribution in [-0.4, -0.2) is 30.8 Å². The number of nitrogens with one attached hydrogen (secondary N) is 2. The van der Waals surface area contributed by atoms with E-state index in [0.717, 1.165) is 18.2 Å². The quantitative estimate of drug-likeness (QED) is 0.354. The maximum absolute atomic E-state index is 14.5. The standard InChI is InChI=1S/C23H21F5N6/c1-14(19(11-34-13-29-12-32-34)18-7-6-17(24)8-20(18)25)30-10-22-31-9-21(33-22)15-2-4-16(5-3-15)23(26,27)28/h2-9,12-14,19,30H,10-11H2,1H3,(H,31,33). The number of H-pyrrole nitrogens is 1. The van der Waals surface area contributed by atoms with Gasteiger partial charge >= 0.3 is 6.18 Å². The van der Waals surface area contributed by atoms with Crippen LogP contribution < -0.4 is 5.32 Å². The third-order valence-electron chi connectivity index (χ3n) is 5.56. The second-order valence-electron chi connectivity index (χ2n) is 7.88. The number of alkyl halides is 3. The fourth-order valence-electron chi connectivity index (χ4n) is 3.69. The molecule has 2 atom stereocenters. The Bertz CT molecular complexity index is 1220. The minimum atomic E-state index is -4.40. The molecule has 2 aromatic heterocycles. The predicted molar refractivity (Wildman–Crippen MR) is 114 cm³/mol. The molecule has 2 aromatic carbocycles. The van der Waals surface area contributed by atoms with Gasteiger partial charge in [0.15, 0.2) is 0 Å². The molecule has 0 saturated carbocycles. The Morgan fingerprint density at radius 1 is 1.09 bits per heavy atom. The van der Waals surface area contributed by atoms with Crippen molar-refractivity contribution in [3.63, 3.8) is 0 Å². The number of benzene rings is 2.